The zero-order chi connectivity index (χ0) is 15.5. The highest BCUT2D eigenvalue weighted by Crippen LogP contribution is 2.25. The minimum atomic E-state index is -0.515. The maximum Gasteiger partial charge on any atom is 0.265 e. The van der Waals surface area contributed by atoms with Crippen molar-refractivity contribution >= 4 is 28.3 Å². The molecule has 0 saturated carbocycles. The Bertz CT molecular complexity index is 687. The lowest BCUT2D eigenvalue weighted by Crippen LogP contribution is -2.27. The van der Waals surface area contributed by atoms with Crippen molar-refractivity contribution in [3.63, 3.8) is 0 Å². The fourth-order valence-corrected chi connectivity index (χ4v) is 3.21. The molecule has 1 unspecified atom stereocenters. The number of aromatic nitrogens is 2. The van der Waals surface area contributed by atoms with Gasteiger partial charge in [0.15, 0.2) is 5.13 Å². The maximum atomic E-state index is 12.0. The van der Waals surface area contributed by atoms with Gasteiger partial charge < -0.3 is 21.4 Å². The number of hydrogen-bond donors (Lipinski definition) is 4. The van der Waals surface area contributed by atoms with Crippen molar-refractivity contribution in [3.8, 4) is 11.3 Å². The van der Waals surface area contributed by atoms with E-state index in [9.17, 15) is 9.59 Å². The molecule has 2 aromatic heterocycles. The fraction of sp³-hybridized carbons (Fsp3) is 0.357. The number of hydrogen-bond acceptors (Lipinski definition) is 5. The number of primary amides is 1. The lowest BCUT2D eigenvalue weighted by Gasteiger charge is -2.08. The number of rotatable bonds is 5. The zero-order valence-corrected chi connectivity index (χ0v) is 12.7. The summed E-state index contributed by atoms with van der Waals surface area (Å²) in [5.41, 5.74) is 7.00. The number of nitrogens with one attached hydrogen (secondary N) is 3. The minimum Gasteiger partial charge on any atom is -0.364 e. The molecule has 3 rings (SSSR count). The van der Waals surface area contributed by atoms with Crippen molar-refractivity contribution in [1.82, 2.24) is 15.3 Å². The Kier molecular flexibility index (Phi) is 4.21. The van der Waals surface area contributed by atoms with E-state index in [1.54, 1.807) is 12.3 Å². The van der Waals surface area contributed by atoms with Crippen molar-refractivity contribution in [2.45, 2.75) is 25.3 Å². The quantitative estimate of drug-likeness (QED) is 0.665. The summed E-state index contributed by atoms with van der Waals surface area (Å²) in [6.07, 6.45) is 4.29. The second-order valence-electron chi connectivity index (χ2n) is 5.25. The van der Waals surface area contributed by atoms with Crippen LogP contribution in [0.15, 0.2) is 17.6 Å². The highest BCUT2D eigenvalue weighted by molar-refractivity contribution is 7.14. The van der Waals surface area contributed by atoms with Gasteiger partial charge in [-0.3, -0.25) is 9.59 Å². The Hall–Kier alpha value is -2.19. The first kappa shape index (κ1) is 14.7. The van der Waals surface area contributed by atoms with Crippen LogP contribution < -0.4 is 16.4 Å². The van der Waals surface area contributed by atoms with Gasteiger partial charge in [-0.2, -0.15) is 0 Å². The zero-order valence-electron chi connectivity index (χ0n) is 11.9. The second kappa shape index (κ2) is 6.29. The summed E-state index contributed by atoms with van der Waals surface area (Å²) >= 11 is 1.35. The van der Waals surface area contributed by atoms with E-state index in [1.165, 1.54) is 11.3 Å². The Morgan fingerprint density at radius 1 is 1.50 bits per heavy atom. The summed E-state index contributed by atoms with van der Waals surface area (Å²) < 4.78 is 0. The molecule has 0 aromatic carbocycles. The Balaban J connectivity index is 1.62. The lowest BCUT2D eigenvalue weighted by atomic mass is 10.1. The molecule has 3 heterocycles. The molecule has 22 heavy (non-hydrogen) atoms. The van der Waals surface area contributed by atoms with Crippen molar-refractivity contribution in [2.75, 3.05) is 11.9 Å². The third-order valence-electron chi connectivity index (χ3n) is 3.59. The molecule has 1 fully saturated rings. The number of nitrogens with two attached hydrogens (primary N) is 1. The molecule has 1 aliphatic rings. The Labute approximate surface area is 131 Å². The van der Waals surface area contributed by atoms with Crippen molar-refractivity contribution in [1.29, 1.82) is 0 Å². The summed E-state index contributed by atoms with van der Waals surface area (Å²) in [4.78, 5) is 30.2. The first-order chi connectivity index (χ1) is 10.6. The van der Waals surface area contributed by atoms with Crippen LogP contribution in [0.2, 0.25) is 0 Å². The van der Waals surface area contributed by atoms with Gasteiger partial charge in [-0.15, -0.1) is 11.3 Å². The van der Waals surface area contributed by atoms with Crippen LogP contribution in [0.25, 0.3) is 11.3 Å². The Morgan fingerprint density at radius 2 is 2.36 bits per heavy atom. The van der Waals surface area contributed by atoms with Gasteiger partial charge in [0.1, 0.15) is 5.69 Å². The van der Waals surface area contributed by atoms with Gasteiger partial charge in [-0.1, -0.05) is 0 Å². The van der Waals surface area contributed by atoms with E-state index in [-0.39, 0.29) is 11.9 Å². The molecule has 2 aromatic rings. The van der Waals surface area contributed by atoms with Gasteiger partial charge >= 0.3 is 0 Å². The average molecular weight is 319 g/mol. The smallest absolute Gasteiger partial charge is 0.265 e. The summed E-state index contributed by atoms with van der Waals surface area (Å²) in [6.45, 7) is 0.981. The van der Waals surface area contributed by atoms with E-state index in [2.05, 4.69) is 20.6 Å². The summed E-state index contributed by atoms with van der Waals surface area (Å²) in [7, 11) is 0. The van der Waals surface area contributed by atoms with E-state index < -0.39 is 5.91 Å². The number of carbonyl (C=O) groups is 2. The molecule has 7 nitrogen and oxygen atoms in total. The van der Waals surface area contributed by atoms with E-state index in [0.717, 1.165) is 24.9 Å². The second-order valence-corrected chi connectivity index (χ2v) is 6.11. The van der Waals surface area contributed by atoms with Gasteiger partial charge in [-0.05, 0) is 25.5 Å². The average Bonchev–Trinajstić information content (AvgIpc) is 3.18. The molecule has 1 atom stereocenters. The van der Waals surface area contributed by atoms with Crippen LogP contribution in [0.5, 0.6) is 0 Å². The molecule has 8 heteroatoms. The first-order valence-corrected chi connectivity index (χ1v) is 7.97. The van der Waals surface area contributed by atoms with Crippen LogP contribution in [-0.2, 0) is 4.79 Å². The van der Waals surface area contributed by atoms with E-state index >= 15 is 0 Å². The van der Waals surface area contributed by atoms with Gasteiger partial charge in [0.05, 0.1) is 5.69 Å². The summed E-state index contributed by atoms with van der Waals surface area (Å²) in [5, 5.41) is 8.49. The molecule has 1 saturated heterocycles. The van der Waals surface area contributed by atoms with E-state index in [4.69, 9.17) is 5.73 Å². The van der Waals surface area contributed by atoms with Gasteiger partial charge in [0, 0.05) is 29.6 Å². The van der Waals surface area contributed by atoms with E-state index in [1.807, 2.05) is 5.38 Å². The molecule has 0 aliphatic carbocycles. The highest BCUT2D eigenvalue weighted by Gasteiger charge is 2.18. The molecular weight excluding hydrogens is 302 g/mol. The molecule has 0 bridgehead atoms. The van der Waals surface area contributed by atoms with Crippen molar-refractivity contribution < 1.29 is 9.59 Å². The molecule has 5 N–H and O–H groups in total. The number of anilines is 1. The number of amides is 2. The number of nitrogens with zero attached hydrogens (tertiary/aromatic N) is 1. The van der Waals surface area contributed by atoms with Crippen LogP contribution in [0.1, 0.15) is 29.8 Å². The topological polar surface area (TPSA) is 113 Å². The number of aromatic amines is 1. The normalized spacial score (nSPS) is 17.5. The predicted molar refractivity (Wildman–Crippen MR) is 84.7 cm³/mol. The fourth-order valence-electron chi connectivity index (χ4n) is 2.47. The van der Waals surface area contributed by atoms with E-state index in [0.29, 0.717) is 22.9 Å². The van der Waals surface area contributed by atoms with Crippen molar-refractivity contribution in [3.05, 3.63) is 23.3 Å². The summed E-state index contributed by atoms with van der Waals surface area (Å²) in [5.74, 6) is -0.550. The third-order valence-corrected chi connectivity index (χ3v) is 4.35. The number of H-pyrrole nitrogens is 1. The largest absolute Gasteiger partial charge is 0.364 e. The molecule has 0 spiro atoms. The van der Waals surface area contributed by atoms with Crippen LogP contribution in [0.3, 0.4) is 0 Å². The van der Waals surface area contributed by atoms with Gasteiger partial charge in [0.25, 0.3) is 5.91 Å². The predicted octanol–water partition coefficient (Wildman–Crippen LogP) is 1.32. The minimum absolute atomic E-state index is 0.0350. The molecule has 116 valence electrons. The van der Waals surface area contributed by atoms with Crippen LogP contribution in [-0.4, -0.2) is 34.4 Å². The third kappa shape index (κ3) is 3.34. The van der Waals surface area contributed by atoms with Crippen LogP contribution in [0, 0.1) is 0 Å². The highest BCUT2D eigenvalue weighted by atomic mass is 32.1. The lowest BCUT2D eigenvalue weighted by molar-refractivity contribution is -0.116. The maximum absolute atomic E-state index is 12.0. The molecule has 1 aliphatic heterocycles. The molecule has 0 radical (unpaired) electrons. The first-order valence-electron chi connectivity index (χ1n) is 7.09. The van der Waals surface area contributed by atoms with Crippen molar-refractivity contribution in [2.24, 2.45) is 5.73 Å². The number of carbonyl (C=O) groups excluding carboxylic acids is 2. The number of thiazole rings is 1. The van der Waals surface area contributed by atoms with Crippen LogP contribution >= 0.6 is 11.3 Å². The SMILES string of the molecule is NC(=O)c1cc(-c2csc(NC(=O)CC3CCCN3)n2)c[nH]1. The summed E-state index contributed by atoms with van der Waals surface area (Å²) in [6, 6.07) is 1.91. The standard InChI is InChI=1S/C14H17N5O2S/c15-13(21)10-4-8(6-17-10)11-7-22-14(18-11)19-12(20)5-9-2-1-3-16-9/h4,6-7,9,16-17H,1-3,5H2,(H2,15,21)(H,18,19,20). The van der Waals surface area contributed by atoms with Gasteiger partial charge in [0.2, 0.25) is 5.91 Å². The Morgan fingerprint density at radius 3 is 3.05 bits per heavy atom. The van der Waals surface area contributed by atoms with Gasteiger partial charge in [-0.25, -0.2) is 4.98 Å². The molecular formula is C14H17N5O2S. The monoisotopic (exact) mass is 319 g/mol. The molecule has 2 amide bonds. The van der Waals surface area contributed by atoms with Crippen LogP contribution in [0.4, 0.5) is 5.13 Å².